The molecule has 0 atom stereocenters. The van der Waals surface area contributed by atoms with Crippen molar-refractivity contribution in [1.82, 2.24) is 15.5 Å². The molecule has 1 aliphatic heterocycles. The fourth-order valence-corrected chi connectivity index (χ4v) is 4.37. The minimum Gasteiger partial charge on any atom is -0.377 e. The highest BCUT2D eigenvalue weighted by Crippen LogP contribution is 2.31. The second-order valence-electron chi connectivity index (χ2n) is 9.52. The Kier molecular flexibility index (Phi) is 10.1. The average Bonchev–Trinajstić information content (AvgIpc) is 2.87. The maximum absolute atomic E-state index is 14.5. The molecule has 0 bridgehead atoms. The largest absolute Gasteiger partial charge is 0.416 e. The van der Waals surface area contributed by atoms with Gasteiger partial charge in [-0.05, 0) is 48.7 Å². The normalized spacial score (nSPS) is 18.1. The fraction of sp³-hybridized carbons (Fsp3) is 0.407. The lowest BCUT2D eigenvalue weighted by Gasteiger charge is -2.44. The molecule has 1 aliphatic carbocycles. The van der Waals surface area contributed by atoms with Crippen LogP contribution < -0.4 is 15.5 Å². The zero-order chi connectivity index (χ0) is 29.4. The van der Waals surface area contributed by atoms with E-state index in [1.54, 1.807) is 4.90 Å². The average molecular weight is 564 g/mol. The van der Waals surface area contributed by atoms with Gasteiger partial charge in [0.05, 0.1) is 48.7 Å². The molecule has 2 N–H and O–H groups in total. The van der Waals surface area contributed by atoms with E-state index in [9.17, 15) is 27.2 Å². The van der Waals surface area contributed by atoms with Crippen LogP contribution in [-0.2, 0) is 27.0 Å². The van der Waals surface area contributed by atoms with Gasteiger partial charge in [-0.3, -0.25) is 4.79 Å². The van der Waals surface area contributed by atoms with Gasteiger partial charge >= 0.3 is 12.2 Å². The molecule has 1 saturated carbocycles. The van der Waals surface area contributed by atoms with Gasteiger partial charge in [0.15, 0.2) is 0 Å². The van der Waals surface area contributed by atoms with E-state index in [1.807, 2.05) is 12.9 Å². The molecule has 2 aromatic rings. The first-order valence-corrected chi connectivity index (χ1v) is 12.3. The van der Waals surface area contributed by atoms with Crippen LogP contribution in [0.2, 0.25) is 0 Å². The Bertz CT molecular complexity index is 1220. The predicted molar refractivity (Wildman–Crippen MR) is 137 cm³/mol. The zero-order valence-electron chi connectivity index (χ0n) is 21.7. The van der Waals surface area contributed by atoms with Crippen molar-refractivity contribution in [2.45, 2.75) is 43.7 Å². The van der Waals surface area contributed by atoms with E-state index in [1.165, 1.54) is 36.2 Å². The maximum atomic E-state index is 14.5. The molecule has 2 fully saturated rings. The topological polar surface area (TPSA) is 115 Å². The number of nitriles is 1. The Labute approximate surface area is 228 Å². The quantitative estimate of drug-likeness (QED) is 0.477. The molecule has 0 unspecified atom stereocenters. The van der Waals surface area contributed by atoms with Gasteiger partial charge in [0.25, 0.3) is 0 Å². The minimum absolute atomic E-state index is 0.0261. The van der Waals surface area contributed by atoms with Crippen molar-refractivity contribution in [2.24, 2.45) is 0 Å². The molecule has 0 aromatic heterocycles. The molecule has 3 amide bonds. The van der Waals surface area contributed by atoms with E-state index >= 15 is 0 Å². The number of nitrogens with zero attached hydrogens (tertiary/aromatic N) is 3. The third-order valence-corrected chi connectivity index (χ3v) is 6.68. The number of urea groups is 1. The van der Waals surface area contributed by atoms with E-state index in [-0.39, 0.29) is 54.4 Å². The van der Waals surface area contributed by atoms with Gasteiger partial charge in [0.1, 0.15) is 12.6 Å². The Morgan fingerprint density at radius 1 is 1.07 bits per heavy atom. The third kappa shape index (κ3) is 7.69. The molecule has 1 heterocycles. The van der Waals surface area contributed by atoms with Crippen molar-refractivity contribution in [3.63, 3.8) is 0 Å². The van der Waals surface area contributed by atoms with Crippen LogP contribution in [-0.4, -0.2) is 68.6 Å². The number of carbonyl (C=O) groups is 3. The molecule has 2 aliphatic rings. The molecule has 1 saturated heterocycles. The molecule has 9 nitrogen and oxygen atoms in total. The molecule has 13 heteroatoms. The summed E-state index contributed by atoms with van der Waals surface area (Å²) < 4.78 is 58.4. The van der Waals surface area contributed by atoms with Gasteiger partial charge in [-0.2, -0.15) is 18.4 Å². The van der Waals surface area contributed by atoms with Crippen LogP contribution in [0.15, 0.2) is 42.5 Å². The fourth-order valence-electron chi connectivity index (χ4n) is 4.37. The van der Waals surface area contributed by atoms with Gasteiger partial charge in [0, 0.05) is 25.7 Å². The lowest BCUT2D eigenvalue weighted by Crippen LogP contribution is -2.59. The van der Waals surface area contributed by atoms with E-state index in [0.29, 0.717) is 31.6 Å². The van der Waals surface area contributed by atoms with Crippen molar-refractivity contribution < 1.29 is 36.7 Å². The first-order valence-electron chi connectivity index (χ1n) is 12.3. The number of likely N-dealkylation sites (N-methyl/N-ethyl adjacent to an activating group) is 1. The number of amides is 3. The number of rotatable bonds is 8. The number of benzene rings is 2. The van der Waals surface area contributed by atoms with Crippen LogP contribution in [0.5, 0.6) is 0 Å². The molecule has 40 heavy (non-hydrogen) atoms. The van der Waals surface area contributed by atoms with E-state index in [4.69, 9.17) is 14.8 Å². The van der Waals surface area contributed by atoms with Crippen molar-refractivity contribution in [3.8, 4) is 6.07 Å². The number of hydrogen-bond acceptors (Lipinski definition) is 6. The summed E-state index contributed by atoms with van der Waals surface area (Å²) >= 11 is 0. The van der Waals surface area contributed by atoms with Crippen LogP contribution >= 0.6 is 0 Å². The Morgan fingerprint density at radius 2 is 1.70 bits per heavy atom. The van der Waals surface area contributed by atoms with Gasteiger partial charge in [-0.1, -0.05) is 12.1 Å². The van der Waals surface area contributed by atoms with Crippen LogP contribution in [0, 0.1) is 17.1 Å². The molecule has 2 aromatic carbocycles. The SMILES string of the molecule is C=O.CN(CC(=O)N(Cc1ccc(C(F)(F)F)cc1)C1CC(NC(=O)NC2COC2)C1)c1ccc(C#N)cc1F. The van der Waals surface area contributed by atoms with Crippen molar-refractivity contribution in [1.29, 1.82) is 5.26 Å². The van der Waals surface area contributed by atoms with E-state index in [2.05, 4.69) is 10.6 Å². The second-order valence-corrected chi connectivity index (χ2v) is 9.52. The van der Waals surface area contributed by atoms with E-state index in [0.717, 1.165) is 18.2 Å². The van der Waals surface area contributed by atoms with Crippen LogP contribution in [0.3, 0.4) is 0 Å². The van der Waals surface area contributed by atoms with Crippen LogP contribution in [0.1, 0.15) is 29.5 Å². The summed E-state index contributed by atoms with van der Waals surface area (Å²) in [5, 5.41) is 14.6. The lowest BCUT2D eigenvalue weighted by atomic mass is 9.85. The summed E-state index contributed by atoms with van der Waals surface area (Å²) in [6.07, 6.45) is -3.53. The first kappa shape index (κ1) is 30.4. The molecule has 4 rings (SSSR count). The Balaban J connectivity index is 0.00000216. The monoisotopic (exact) mass is 563 g/mol. The van der Waals surface area contributed by atoms with Gasteiger partial charge in [-0.15, -0.1) is 0 Å². The maximum Gasteiger partial charge on any atom is 0.416 e. The molecule has 0 spiro atoms. The summed E-state index contributed by atoms with van der Waals surface area (Å²) in [5.41, 5.74) is 0.0112. The summed E-state index contributed by atoms with van der Waals surface area (Å²) in [5.74, 6) is -1.000. The molecular weight excluding hydrogens is 534 g/mol. The molecular formula is C27H29F4N5O4. The van der Waals surface area contributed by atoms with Gasteiger partial charge in [0.2, 0.25) is 5.91 Å². The number of hydrogen-bond donors (Lipinski definition) is 2. The van der Waals surface area contributed by atoms with E-state index < -0.39 is 17.6 Å². The van der Waals surface area contributed by atoms with Crippen molar-refractivity contribution in [3.05, 3.63) is 65.0 Å². The van der Waals surface area contributed by atoms with Gasteiger partial charge in [-0.25, -0.2) is 9.18 Å². The number of alkyl halides is 3. The van der Waals surface area contributed by atoms with Crippen molar-refractivity contribution >= 4 is 24.4 Å². The Morgan fingerprint density at radius 3 is 2.23 bits per heavy atom. The highest BCUT2D eigenvalue weighted by molar-refractivity contribution is 5.82. The van der Waals surface area contributed by atoms with Crippen LogP contribution in [0.25, 0.3) is 0 Å². The highest BCUT2D eigenvalue weighted by Gasteiger charge is 2.38. The number of nitrogens with one attached hydrogen (secondary N) is 2. The number of ether oxygens (including phenoxy) is 1. The molecule has 0 radical (unpaired) electrons. The minimum atomic E-state index is -4.47. The smallest absolute Gasteiger partial charge is 0.377 e. The number of carbonyl (C=O) groups excluding carboxylic acids is 3. The first-order chi connectivity index (χ1) is 19.0. The third-order valence-electron chi connectivity index (χ3n) is 6.68. The van der Waals surface area contributed by atoms with Crippen LogP contribution in [0.4, 0.5) is 28.0 Å². The predicted octanol–water partition coefficient (Wildman–Crippen LogP) is 3.23. The highest BCUT2D eigenvalue weighted by atomic mass is 19.4. The Hall–Kier alpha value is -4.18. The summed E-state index contributed by atoms with van der Waals surface area (Å²) in [6, 6.07) is 9.61. The van der Waals surface area contributed by atoms with Crippen molar-refractivity contribution in [2.75, 3.05) is 31.7 Å². The zero-order valence-corrected chi connectivity index (χ0v) is 21.7. The number of anilines is 1. The standard InChI is InChI=1S/C26H27F4N5O3.CH2O/c1-34(23-7-4-17(11-31)8-22(23)27)13-24(36)35(12-16-2-5-18(6-3-16)26(28,29)30)21-9-19(10-21)32-25(37)33-20-14-38-15-20;1-2/h2-8,19-21H,9-10,12-15H2,1H3,(H2,32,33,37);1H2. The summed E-state index contributed by atoms with van der Waals surface area (Å²) in [6.45, 7) is 2.79. The summed E-state index contributed by atoms with van der Waals surface area (Å²) in [4.78, 5) is 36.5. The van der Waals surface area contributed by atoms with Gasteiger partial charge < -0.3 is 30.0 Å². The molecule has 214 valence electrons. The lowest BCUT2D eigenvalue weighted by molar-refractivity contribution is -0.138. The summed E-state index contributed by atoms with van der Waals surface area (Å²) in [7, 11) is 1.54. The number of halogens is 4. The second kappa shape index (κ2) is 13.3.